The number of nitrogens with one attached hydrogen (secondary N) is 2. The molecular formula is C22H29N5. The third-order valence-corrected chi connectivity index (χ3v) is 4.88. The maximum atomic E-state index is 4.72. The third-order valence-electron chi connectivity index (χ3n) is 4.88. The fraction of sp³-hybridized carbons (Fsp3) is 0.364. The number of aliphatic imine (C=N–C) groups is 1. The third kappa shape index (κ3) is 4.67. The van der Waals surface area contributed by atoms with Crippen LogP contribution >= 0.6 is 0 Å². The molecule has 0 aliphatic heterocycles. The van der Waals surface area contributed by atoms with E-state index in [9.17, 15) is 0 Å². The van der Waals surface area contributed by atoms with Crippen molar-refractivity contribution in [2.75, 3.05) is 20.1 Å². The number of fused-ring (bicyclic) bond motifs is 1. The monoisotopic (exact) mass is 363 g/mol. The van der Waals surface area contributed by atoms with Crippen LogP contribution in [0.5, 0.6) is 0 Å². The molecule has 5 heteroatoms. The highest BCUT2D eigenvalue weighted by molar-refractivity contribution is 5.79. The van der Waals surface area contributed by atoms with Crippen LogP contribution in [0.25, 0.3) is 5.65 Å². The number of aryl methyl sites for hydroxylation is 1. The summed E-state index contributed by atoms with van der Waals surface area (Å²) in [5, 5.41) is 6.83. The second-order valence-electron chi connectivity index (χ2n) is 7.51. The van der Waals surface area contributed by atoms with Crippen LogP contribution in [0.3, 0.4) is 0 Å². The molecule has 1 aromatic carbocycles. The topological polar surface area (TPSA) is 53.7 Å². The van der Waals surface area contributed by atoms with Crippen LogP contribution in [0.1, 0.15) is 30.7 Å². The zero-order valence-electron chi connectivity index (χ0n) is 16.7. The van der Waals surface area contributed by atoms with E-state index in [0.717, 1.165) is 36.8 Å². The van der Waals surface area contributed by atoms with Gasteiger partial charge in [-0.3, -0.25) is 4.99 Å². The summed E-state index contributed by atoms with van der Waals surface area (Å²) >= 11 is 0. The molecule has 0 aliphatic rings. The largest absolute Gasteiger partial charge is 0.356 e. The molecule has 3 rings (SSSR count). The number of nitrogens with zero attached hydrogens (tertiary/aromatic N) is 3. The minimum atomic E-state index is 0.0258. The molecule has 2 N–H and O–H groups in total. The normalized spacial score (nSPS) is 12.4. The number of guanidine groups is 1. The van der Waals surface area contributed by atoms with Gasteiger partial charge in [0.2, 0.25) is 0 Å². The standard InChI is InChI=1S/C22H29N5/c1-17-9-8-14-27-15-19(26-20(17)27)12-13-24-21(23-4)25-16-22(2,3)18-10-6-5-7-11-18/h5-11,14-15H,12-13,16H2,1-4H3,(H2,23,24,25). The highest BCUT2D eigenvalue weighted by Crippen LogP contribution is 2.21. The molecule has 0 saturated heterocycles. The Morgan fingerprint density at radius 2 is 1.89 bits per heavy atom. The molecule has 0 aliphatic carbocycles. The summed E-state index contributed by atoms with van der Waals surface area (Å²) in [6.45, 7) is 8.16. The van der Waals surface area contributed by atoms with Gasteiger partial charge in [-0.1, -0.05) is 50.2 Å². The van der Waals surface area contributed by atoms with Gasteiger partial charge in [0.05, 0.1) is 5.69 Å². The second kappa shape index (κ2) is 8.25. The van der Waals surface area contributed by atoms with E-state index in [4.69, 9.17) is 4.98 Å². The van der Waals surface area contributed by atoms with Crippen LogP contribution in [-0.2, 0) is 11.8 Å². The molecule has 5 nitrogen and oxygen atoms in total. The maximum absolute atomic E-state index is 4.72. The first-order valence-corrected chi connectivity index (χ1v) is 9.43. The molecule has 0 amide bonds. The van der Waals surface area contributed by atoms with Gasteiger partial charge in [0.25, 0.3) is 0 Å². The Morgan fingerprint density at radius 3 is 2.59 bits per heavy atom. The summed E-state index contributed by atoms with van der Waals surface area (Å²) in [7, 11) is 1.80. The molecule has 0 unspecified atom stereocenters. The molecule has 0 bridgehead atoms. The molecular weight excluding hydrogens is 334 g/mol. The average molecular weight is 364 g/mol. The number of hydrogen-bond acceptors (Lipinski definition) is 2. The van der Waals surface area contributed by atoms with Crippen molar-refractivity contribution >= 4 is 11.6 Å². The number of rotatable bonds is 6. The van der Waals surface area contributed by atoms with Gasteiger partial charge in [0.15, 0.2) is 5.96 Å². The number of aromatic nitrogens is 2. The Hall–Kier alpha value is -2.82. The van der Waals surface area contributed by atoms with E-state index < -0.39 is 0 Å². The smallest absolute Gasteiger partial charge is 0.191 e. The highest BCUT2D eigenvalue weighted by Gasteiger charge is 2.20. The fourth-order valence-corrected chi connectivity index (χ4v) is 3.15. The number of benzene rings is 1. The lowest BCUT2D eigenvalue weighted by molar-refractivity contribution is 0.508. The predicted octanol–water partition coefficient (Wildman–Crippen LogP) is 3.33. The molecule has 2 heterocycles. The van der Waals surface area contributed by atoms with E-state index in [1.54, 1.807) is 7.05 Å². The van der Waals surface area contributed by atoms with Crippen LogP contribution in [0.2, 0.25) is 0 Å². The predicted molar refractivity (Wildman–Crippen MR) is 112 cm³/mol. The van der Waals surface area contributed by atoms with E-state index in [0.29, 0.717) is 0 Å². The lowest BCUT2D eigenvalue weighted by Crippen LogP contribution is -2.44. The minimum Gasteiger partial charge on any atom is -0.356 e. The summed E-state index contributed by atoms with van der Waals surface area (Å²) in [4.78, 5) is 9.06. The molecule has 0 radical (unpaired) electrons. The molecule has 2 aromatic heterocycles. The fourth-order valence-electron chi connectivity index (χ4n) is 3.15. The Bertz CT molecular complexity index is 909. The van der Waals surface area contributed by atoms with Crippen molar-refractivity contribution in [2.45, 2.75) is 32.6 Å². The van der Waals surface area contributed by atoms with Crippen LogP contribution in [0.15, 0.2) is 59.9 Å². The SMILES string of the molecule is CN=C(NCCc1cn2cccc(C)c2n1)NCC(C)(C)c1ccccc1. The highest BCUT2D eigenvalue weighted by atomic mass is 15.2. The van der Waals surface area contributed by atoms with Gasteiger partial charge in [-0.15, -0.1) is 0 Å². The second-order valence-corrected chi connectivity index (χ2v) is 7.51. The Morgan fingerprint density at radius 1 is 1.11 bits per heavy atom. The first-order chi connectivity index (χ1) is 13.0. The average Bonchev–Trinajstić information content (AvgIpc) is 3.09. The zero-order chi connectivity index (χ0) is 19.3. The Kier molecular flexibility index (Phi) is 5.79. The van der Waals surface area contributed by atoms with Gasteiger partial charge in [-0.2, -0.15) is 0 Å². The summed E-state index contributed by atoms with van der Waals surface area (Å²) < 4.78 is 2.08. The van der Waals surface area contributed by atoms with Crippen molar-refractivity contribution < 1.29 is 0 Å². The lowest BCUT2D eigenvalue weighted by Gasteiger charge is -2.26. The van der Waals surface area contributed by atoms with Crippen molar-refractivity contribution in [3.63, 3.8) is 0 Å². The quantitative estimate of drug-likeness (QED) is 0.522. The van der Waals surface area contributed by atoms with Gasteiger partial charge >= 0.3 is 0 Å². The lowest BCUT2D eigenvalue weighted by atomic mass is 9.85. The number of pyridine rings is 1. The van der Waals surface area contributed by atoms with Gasteiger partial charge in [0, 0.05) is 44.4 Å². The number of imidazole rings is 1. The Balaban J connectivity index is 1.52. The summed E-state index contributed by atoms with van der Waals surface area (Å²) in [6.07, 6.45) is 4.99. The van der Waals surface area contributed by atoms with E-state index in [1.807, 2.05) is 18.3 Å². The molecule has 27 heavy (non-hydrogen) atoms. The van der Waals surface area contributed by atoms with Gasteiger partial charge in [-0.05, 0) is 24.1 Å². The van der Waals surface area contributed by atoms with E-state index in [1.165, 1.54) is 11.1 Å². The molecule has 3 aromatic rings. The summed E-state index contributed by atoms with van der Waals surface area (Å²) in [6, 6.07) is 14.7. The van der Waals surface area contributed by atoms with E-state index in [2.05, 4.69) is 77.3 Å². The molecule has 0 fully saturated rings. The summed E-state index contributed by atoms with van der Waals surface area (Å²) in [5.41, 5.74) is 4.64. The molecule has 142 valence electrons. The van der Waals surface area contributed by atoms with Crippen molar-refractivity contribution in [1.82, 2.24) is 20.0 Å². The van der Waals surface area contributed by atoms with Crippen molar-refractivity contribution in [3.8, 4) is 0 Å². The molecule has 0 atom stereocenters. The minimum absolute atomic E-state index is 0.0258. The zero-order valence-corrected chi connectivity index (χ0v) is 16.7. The first-order valence-electron chi connectivity index (χ1n) is 9.43. The van der Waals surface area contributed by atoms with E-state index in [-0.39, 0.29) is 5.41 Å². The first kappa shape index (κ1) is 19.0. The van der Waals surface area contributed by atoms with Gasteiger partial charge < -0.3 is 15.0 Å². The van der Waals surface area contributed by atoms with Crippen molar-refractivity contribution in [3.05, 3.63) is 71.7 Å². The molecule has 0 spiro atoms. The van der Waals surface area contributed by atoms with Crippen LogP contribution in [0, 0.1) is 6.92 Å². The molecule has 0 saturated carbocycles. The maximum Gasteiger partial charge on any atom is 0.191 e. The van der Waals surface area contributed by atoms with Crippen molar-refractivity contribution in [2.24, 2.45) is 4.99 Å². The van der Waals surface area contributed by atoms with Crippen molar-refractivity contribution in [1.29, 1.82) is 0 Å². The van der Waals surface area contributed by atoms with E-state index >= 15 is 0 Å². The van der Waals surface area contributed by atoms with Crippen LogP contribution in [0.4, 0.5) is 0 Å². The Labute approximate surface area is 161 Å². The van der Waals surface area contributed by atoms with Gasteiger partial charge in [0.1, 0.15) is 5.65 Å². The number of hydrogen-bond donors (Lipinski definition) is 2. The van der Waals surface area contributed by atoms with Crippen LogP contribution in [-0.4, -0.2) is 35.5 Å². The summed E-state index contributed by atoms with van der Waals surface area (Å²) in [5.74, 6) is 0.818. The van der Waals surface area contributed by atoms with Gasteiger partial charge in [-0.25, -0.2) is 4.98 Å². The van der Waals surface area contributed by atoms with Crippen LogP contribution < -0.4 is 10.6 Å².